The van der Waals surface area contributed by atoms with Crippen LogP contribution in [0.5, 0.6) is 23.0 Å². The van der Waals surface area contributed by atoms with Crippen molar-refractivity contribution in [2.24, 2.45) is 0 Å². The van der Waals surface area contributed by atoms with Gasteiger partial charge in [0.05, 0.1) is 34.0 Å². The Morgan fingerprint density at radius 3 is 1.83 bits per heavy atom. The van der Waals surface area contributed by atoms with E-state index in [2.05, 4.69) is 0 Å². The first-order chi connectivity index (χ1) is 10.7. The van der Waals surface area contributed by atoms with E-state index in [0.717, 1.165) is 0 Å². The Morgan fingerprint density at radius 2 is 1.35 bits per heavy atom. The number of ketones is 1. The molecule has 0 unspecified atom stereocenters. The third-order valence-corrected chi connectivity index (χ3v) is 3.27. The van der Waals surface area contributed by atoms with Crippen molar-refractivity contribution in [1.29, 1.82) is 0 Å². The van der Waals surface area contributed by atoms with Gasteiger partial charge in [-0.1, -0.05) is 30.3 Å². The topological polar surface area (TPSA) is 54.0 Å². The minimum atomic E-state index is -0.184. The molecule has 2 aromatic carbocycles. The average molecular weight is 339 g/mol. The highest BCUT2D eigenvalue weighted by Crippen LogP contribution is 2.47. The zero-order valence-electron chi connectivity index (χ0n) is 13.4. The highest BCUT2D eigenvalue weighted by molar-refractivity contribution is 6.11. The van der Waals surface area contributed by atoms with Crippen LogP contribution in [-0.4, -0.2) is 34.2 Å². The van der Waals surface area contributed by atoms with E-state index in [4.69, 9.17) is 18.9 Å². The van der Waals surface area contributed by atoms with E-state index in [1.807, 2.05) is 6.07 Å². The first-order valence-electron chi connectivity index (χ1n) is 6.64. The van der Waals surface area contributed by atoms with Gasteiger partial charge in [-0.05, 0) is 6.07 Å². The standard InChI is InChI=1S/C17H18O5.ClH/c1-19-13-10-12(14(18)11-8-6-5-7-9-11)15(20-2)17(22-4)16(13)21-3;/h5-10H,1-4H3;1H. The fourth-order valence-corrected chi connectivity index (χ4v) is 2.25. The molecule has 0 bridgehead atoms. The second kappa shape index (κ2) is 8.29. The van der Waals surface area contributed by atoms with E-state index in [1.165, 1.54) is 28.4 Å². The van der Waals surface area contributed by atoms with Gasteiger partial charge in [-0.3, -0.25) is 4.79 Å². The van der Waals surface area contributed by atoms with E-state index < -0.39 is 0 Å². The van der Waals surface area contributed by atoms with Crippen molar-refractivity contribution in [3.8, 4) is 23.0 Å². The maximum atomic E-state index is 12.7. The van der Waals surface area contributed by atoms with Crippen molar-refractivity contribution in [2.75, 3.05) is 28.4 Å². The van der Waals surface area contributed by atoms with Crippen molar-refractivity contribution < 1.29 is 23.7 Å². The van der Waals surface area contributed by atoms with E-state index in [9.17, 15) is 4.79 Å². The molecule has 0 N–H and O–H groups in total. The summed E-state index contributed by atoms with van der Waals surface area (Å²) in [6.07, 6.45) is 0. The molecule has 0 atom stereocenters. The predicted octanol–water partition coefficient (Wildman–Crippen LogP) is 3.37. The molecular formula is C17H19ClO5. The van der Waals surface area contributed by atoms with E-state index in [0.29, 0.717) is 34.1 Å². The number of hydrogen-bond acceptors (Lipinski definition) is 5. The van der Waals surface area contributed by atoms with Crippen LogP contribution in [0.4, 0.5) is 0 Å². The first kappa shape index (κ1) is 18.6. The number of rotatable bonds is 6. The van der Waals surface area contributed by atoms with Crippen LogP contribution in [0.15, 0.2) is 36.4 Å². The van der Waals surface area contributed by atoms with Gasteiger partial charge in [-0.2, -0.15) is 0 Å². The van der Waals surface area contributed by atoms with Crippen molar-refractivity contribution in [1.82, 2.24) is 0 Å². The quantitative estimate of drug-likeness (QED) is 0.756. The van der Waals surface area contributed by atoms with Gasteiger partial charge in [-0.15, -0.1) is 12.4 Å². The minimum absolute atomic E-state index is 0. The molecule has 2 aromatic rings. The van der Waals surface area contributed by atoms with Crippen molar-refractivity contribution >= 4 is 18.2 Å². The van der Waals surface area contributed by atoms with Gasteiger partial charge >= 0.3 is 0 Å². The molecule has 0 saturated heterocycles. The Morgan fingerprint density at radius 1 is 0.783 bits per heavy atom. The average Bonchev–Trinajstić information content (AvgIpc) is 2.59. The van der Waals surface area contributed by atoms with Gasteiger partial charge in [0, 0.05) is 5.56 Å². The second-order valence-corrected chi connectivity index (χ2v) is 4.42. The number of carbonyl (C=O) groups excluding carboxylic acids is 1. The number of ether oxygens (including phenoxy) is 4. The highest BCUT2D eigenvalue weighted by atomic mass is 35.5. The molecule has 0 radical (unpaired) electrons. The van der Waals surface area contributed by atoms with E-state index in [1.54, 1.807) is 30.3 Å². The largest absolute Gasteiger partial charge is 0.493 e. The molecule has 124 valence electrons. The van der Waals surface area contributed by atoms with Crippen LogP contribution >= 0.6 is 12.4 Å². The molecule has 0 aliphatic carbocycles. The number of methoxy groups -OCH3 is 4. The van der Waals surface area contributed by atoms with Crippen molar-refractivity contribution in [3.05, 3.63) is 47.5 Å². The molecule has 0 heterocycles. The van der Waals surface area contributed by atoms with Gasteiger partial charge in [0.15, 0.2) is 17.3 Å². The summed E-state index contributed by atoms with van der Waals surface area (Å²) in [6.45, 7) is 0. The van der Waals surface area contributed by atoms with Crippen LogP contribution in [0.3, 0.4) is 0 Å². The molecule has 0 fully saturated rings. The lowest BCUT2D eigenvalue weighted by molar-refractivity contribution is 0.103. The molecular weight excluding hydrogens is 320 g/mol. The maximum absolute atomic E-state index is 12.7. The van der Waals surface area contributed by atoms with Crippen molar-refractivity contribution in [2.45, 2.75) is 0 Å². The molecule has 6 heteroatoms. The lowest BCUT2D eigenvalue weighted by Gasteiger charge is -2.18. The van der Waals surface area contributed by atoms with Gasteiger partial charge in [0.1, 0.15) is 0 Å². The molecule has 5 nitrogen and oxygen atoms in total. The third-order valence-electron chi connectivity index (χ3n) is 3.27. The first-order valence-corrected chi connectivity index (χ1v) is 6.64. The summed E-state index contributed by atoms with van der Waals surface area (Å²) >= 11 is 0. The molecule has 23 heavy (non-hydrogen) atoms. The Balaban J connectivity index is 0.00000264. The molecule has 0 spiro atoms. The zero-order chi connectivity index (χ0) is 16.1. The number of halogens is 1. The van der Waals surface area contributed by atoms with Crippen LogP contribution in [0.25, 0.3) is 0 Å². The smallest absolute Gasteiger partial charge is 0.208 e. The normalized spacial score (nSPS) is 9.57. The van der Waals surface area contributed by atoms with Gasteiger partial charge in [0.2, 0.25) is 11.5 Å². The second-order valence-electron chi connectivity index (χ2n) is 4.42. The molecule has 2 rings (SSSR count). The molecule has 0 aromatic heterocycles. The number of hydrogen-bond donors (Lipinski definition) is 0. The Kier molecular flexibility index (Phi) is 6.72. The van der Waals surface area contributed by atoms with E-state index in [-0.39, 0.29) is 18.2 Å². The van der Waals surface area contributed by atoms with E-state index >= 15 is 0 Å². The maximum Gasteiger partial charge on any atom is 0.208 e. The highest BCUT2D eigenvalue weighted by Gasteiger charge is 2.25. The summed E-state index contributed by atoms with van der Waals surface area (Å²) in [4.78, 5) is 12.7. The summed E-state index contributed by atoms with van der Waals surface area (Å²) in [5.74, 6) is 1.24. The molecule has 0 aliphatic heterocycles. The van der Waals surface area contributed by atoms with Crippen molar-refractivity contribution in [3.63, 3.8) is 0 Å². The third kappa shape index (κ3) is 3.51. The Labute approximate surface area is 141 Å². The SMILES string of the molecule is COc1cc(C(=O)c2ccccc2)c(OC)c(OC)c1OC.Cl. The van der Waals surface area contributed by atoms with Crippen LogP contribution in [-0.2, 0) is 0 Å². The molecule has 0 amide bonds. The van der Waals surface area contributed by atoms with Crippen LogP contribution in [0.2, 0.25) is 0 Å². The molecule has 0 saturated carbocycles. The zero-order valence-corrected chi connectivity index (χ0v) is 14.2. The monoisotopic (exact) mass is 338 g/mol. The summed E-state index contributed by atoms with van der Waals surface area (Å²) in [6, 6.07) is 10.5. The van der Waals surface area contributed by atoms with Gasteiger partial charge in [0.25, 0.3) is 0 Å². The van der Waals surface area contributed by atoms with Crippen LogP contribution in [0.1, 0.15) is 15.9 Å². The van der Waals surface area contributed by atoms with Gasteiger partial charge < -0.3 is 18.9 Å². The minimum Gasteiger partial charge on any atom is -0.493 e. The summed E-state index contributed by atoms with van der Waals surface area (Å²) in [5.41, 5.74) is 0.901. The Hall–Kier alpha value is -2.40. The fraction of sp³-hybridized carbons (Fsp3) is 0.235. The van der Waals surface area contributed by atoms with Crippen LogP contribution < -0.4 is 18.9 Å². The summed E-state index contributed by atoms with van der Waals surface area (Å²) < 4.78 is 21.3. The lowest BCUT2D eigenvalue weighted by atomic mass is 10.0. The number of benzene rings is 2. The summed E-state index contributed by atoms with van der Waals surface area (Å²) in [7, 11) is 5.96. The van der Waals surface area contributed by atoms with Crippen LogP contribution in [0, 0.1) is 0 Å². The molecule has 0 aliphatic rings. The van der Waals surface area contributed by atoms with Gasteiger partial charge in [-0.25, -0.2) is 0 Å². The lowest BCUT2D eigenvalue weighted by Crippen LogP contribution is -2.07. The Bertz CT molecular complexity index is 670. The fourth-order valence-electron chi connectivity index (χ4n) is 2.25. The number of carbonyl (C=O) groups is 1. The predicted molar refractivity (Wildman–Crippen MR) is 89.8 cm³/mol. The summed E-state index contributed by atoms with van der Waals surface area (Å²) in [5, 5.41) is 0.